The molecule has 0 saturated heterocycles. The van der Waals surface area contributed by atoms with Gasteiger partial charge in [0.25, 0.3) is 5.91 Å². The van der Waals surface area contributed by atoms with Gasteiger partial charge in [-0.1, -0.05) is 35.7 Å². The minimum absolute atomic E-state index is 0.0701. The second kappa shape index (κ2) is 10.7. The molecule has 1 unspecified atom stereocenters. The molecule has 0 bridgehead atoms. The van der Waals surface area contributed by atoms with Crippen molar-refractivity contribution in [1.82, 2.24) is 4.57 Å². The third-order valence-electron chi connectivity index (χ3n) is 4.92. The Morgan fingerprint density at radius 2 is 2.03 bits per heavy atom. The van der Waals surface area contributed by atoms with E-state index in [9.17, 15) is 24.0 Å². The lowest BCUT2D eigenvalue weighted by Crippen LogP contribution is -2.25. The van der Waals surface area contributed by atoms with Gasteiger partial charge in [-0.3, -0.25) is 14.4 Å². The van der Waals surface area contributed by atoms with Gasteiger partial charge < -0.3 is 14.6 Å². The topological polar surface area (TPSA) is 114 Å². The SMILES string of the molecule is CCOC(=O)C1SC(SCC(=O)Nc2c(C#N)c(C)c(C)n2Cc2ccc(F)cc2)=NC1=O. The first kappa shape index (κ1) is 24.5. The van der Waals surface area contributed by atoms with Crippen LogP contribution < -0.4 is 5.32 Å². The minimum Gasteiger partial charge on any atom is -0.465 e. The van der Waals surface area contributed by atoms with Crippen molar-refractivity contribution in [3.05, 3.63) is 52.5 Å². The van der Waals surface area contributed by atoms with Crippen molar-refractivity contribution in [2.75, 3.05) is 17.7 Å². The van der Waals surface area contributed by atoms with Crippen molar-refractivity contribution in [3.8, 4) is 6.07 Å². The van der Waals surface area contributed by atoms with E-state index in [1.165, 1.54) is 12.1 Å². The number of carbonyl (C=O) groups excluding carboxylic acids is 3. The van der Waals surface area contributed by atoms with Crippen LogP contribution in [0.1, 0.15) is 29.3 Å². The van der Waals surface area contributed by atoms with Crippen molar-refractivity contribution < 1.29 is 23.5 Å². The number of thioether (sulfide) groups is 2. The Kier molecular flexibility index (Phi) is 7.94. The van der Waals surface area contributed by atoms with Gasteiger partial charge in [-0.15, -0.1) is 0 Å². The van der Waals surface area contributed by atoms with Crippen LogP contribution in [0.3, 0.4) is 0 Å². The number of anilines is 1. The molecular formula is C22H21FN4O4S2. The number of hydrogen-bond acceptors (Lipinski definition) is 7. The Morgan fingerprint density at radius 1 is 1.33 bits per heavy atom. The number of hydrogen-bond donors (Lipinski definition) is 1. The fourth-order valence-corrected chi connectivity index (χ4v) is 5.04. The predicted molar refractivity (Wildman–Crippen MR) is 126 cm³/mol. The first-order valence-corrected chi connectivity index (χ1v) is 11.8. The van der Waals surface area contributed by atoms with Gasteiger partial charge in [0.2, 0.25) is 5.91 Å². The van der Waals surface area contributed by atoms with E-state index in [4.69, 9.17) is 4.74 Å². The minimum atomic E-state index is -1.04. The van der Waals surface area contributed by atoms with E-state index in [1.54, 1.807) is 30.5 Å². The molecule has 0 fully saturated rings. The second-order valence-electron chi connectivity index (χ2n) is 7.06. The molecule has 2 heterocycles. The highest BCUT2D eigenvalue weighted by atomic mass is 32.2. The smallest absolute Gasteiger partial charge is 0.329 e. The van der Waals surface area contributed by atoms with E-state index in [0.717, 1.165) is 40.3 Å². The number of aliphatic imine (C=N–C) groups is 1. The molecule has 8 nitrogen and oxygen atoms in total. The van der Waals surface area contributed by atoms with Gasteiger partial charge in [-0.25, -0.2) is 4.39 Å². The standard InChI is InChI=1S/C22H21FN4O4S2/c1-4-31-21(30)18-20(29)26-22(33-18)32-11-17(28)25-19-16(9-24)12(2)13(3)27(19)10-14-5-7-15(23)8-6-14/h5-8,18H,4,10-11H2,1-3H3,(H,25,28). The Hall–Kier alpha value is -3.10. The summed E-state index contributed by atoms with van der Waals surface area (Å²) >= 11 is 1.98. The number of aromatic nitrogens is 1. The summed E-state index contributed by atoms with van der Waals surface area (Å²) in [7, 11) is 0. The van der Waals surface area contributed by atoms with Crippen molar-refractivity contribution in [1.29, 1.82) is 5.26 Å². The molecule has 2 amide bonds. The molecule has 0 spiro atoms. The lowest BCUT2D eigenvalue weighted by Gasteiger charge is -2.13. The Balaban J connectivity index is 1.70. The number of ether oxygens (including phenoxy) is 1. The molecule has 3 rings (SSSR count). The molecule has 0 aliphatic carbocycles. The molecule has 1 N–H and O–H groups in total. The van der Waals surface area contributed by atoms with Crippen LogP contribution in [0.15, 0.2) is 29.3 Å². The number of halogens is 1. The highest BCUT2D eigenvalue weighted by Crippen LogP contribution is 2.31. The molecule has 172 valence electrons. The highest BCUT2D eigenvalue weighted by molar-refractivity contribution is 8.40. The number of benzene rings is 1. The fourth-order valence-electron chi connectivity index (χ4n) is 3.16. The normalized spacial score (nSPS) is 15.2. The summed E-state index contributed by atoms with van der Waals surface area (Å²) in [6.07, 6.45) is 0. The van der Waals surface area contributed by atoms with Crippen LogP contribution in [0.2, 0.25) is 0 Å². The molecule has 1 aromatic carbocycles. The maximum absolute atomic E-state index is 13.3. The number of rotatable bonds is 7. The first-order chi connectivity index (χ1) is 15.7. The van der Waals surface area contributed by atoms with Crippen LogP contribution in [0.25, 0.3) is 0 Å². The van der Waals surface area contributed by atoms with Crippen molar-refractivity contribution in [2.24, 2.45) is 4.99 Å². The zero-order chi connectivity index (χ0) is 24.1. The lowest BCUT2D eigenvalue weighted by atomic mass is 10.2. The van der Waals surface area contributed by atoms with Crippen LogP contribution in [0, 0.1) is 31.0 Å². The number of nitrogens with zero attached hydrogens (tertiary/aromatic N) is 3. The van der Waals surface area contributed by atoms with Gasteiger partial charge in [0, 0.05) is 12.2 Å². The summed E-state index contributed by atoms with van der Waals surface area (Å²) in [5.74, 6) is -1.72. The summed E-state index contributed by atoms with van der Waals surface area (Å²) in [6.45, 7) is 5.79. The molecule has 11 heteroatoms. The van der Waals surface area contributed by atoms with Crippen molar-refractivity contribution in [2.45, 2.75) is 32.6 Å². The average molecular weight is 489 g/mol. The summed E-state index contributed by atoms with van der Waals surface area (Å²) in [4.78, 5) is 40.2. The third-order valence-corrected chi connectivity index (χ3v) is 7.23. The van der Waals surface area contributed by atoms with Crippen LogP contribution in [-0.4, -0.2) is 44.3 Å². The van der Waals surface area contributed by atoms with E-state index in [2.05, 4.69) is 16.4 Å². The van der Waals surface area contributed by atoms with Crippen LogP contribution in [-0.2, 0) is 25.7 Å². The first-order valence-electron chi connectivity index (χ1n) is 9.97. The zero-order valence-electron chi connectivity index (χ0n) is 18.2. The van der Waals surface area contributed by atoms with E-state index < -0.39 is 23.0 Å². The van der Waals surface area contributed by atoms with Crippen LogP contribution in [0.5, 0.6) is 0 Å². The fraction of sp³-hybridized carbons (Fsp3) is 0.318. The molecule has 0 saturated carbocycles. The van der Waals surface area contributed by atoms with Gasteiger partial charge in [0.15, 0.2) is 5.25 Å². The van der Waals surface area contributed by atoms with Gasteiger partial charge in [0.05, 0.1) is 17.9 Å². The number of amides is 2. The maximum atomic E-state index is 13.3. The van der Waals surface area contributed by atoms with Gasteiger partial charge in [-0.2, -0.15) is 10.3 Å². The second-order valence-corrected chi connectivity index (χ2v) is 9.38. The number of nitrogens with one attached hydrogen (secondary N) is 1. The summed E-state index contributed by atoms with van der Waals surface area (Å²) in [5, 5.41) is 11.4. The summed E-state index contributed by atoms with van der Waals surface area (Å²) in [6, 6.07) is 8.12. The van der Waals surface area contributed by atoms with Gasteiger partial charge >= 0.3 is 5.97 Å². The molecule has 1 aliphatic rings. The van der Waals surface area contributed by atoms with E-state index in [0.29, 0.717) is 22.3 Å². The van der Waals surface area contributed by atoms with E-state index in [1.807, 2.05) is 6.92 Å². The third kappa shape index (κ3) is 5.64. The Morgan fingerprint density at radius 3 is 2.67 bits per heavy atom. The molecular weight excluding hydrogens is 467 g/mol. The maximum Gasteiger partial charge on any atom is 0.329 e. The molecule has 33 heavy (non-hydrogen) atoms. The summed E-state index contributed by atoms with van der Waals surface area (Å²) in [5.41, 5.74) is 2.70. The van der Waals surface area contributed by atoms with Gasteiger partial charge in [0.1, 0.15) is 22.1 Å². The molecule has 0 radical (unpaired) electrons. The largest absolute Gasteiger partial charge is 0.465 e. The average Bonchev–Trinajstić information content (AvgIpc) is 3.26. The Bertz CT molecular complexity index is 1170. The van der Waals surface area contributed by atoms with Crippen LogP contribution in [0.4, 0.5) is 10.2 Å². The zero-order valence-corrected chi connectivity index (χ0v) is 19.8. The number of carbonyl (C=O) groups is 3. The van der Waals surface area contributed by atoms with Crippen molar-refractivity contribution in [3.63, 3.8) is 0 Å². The highest BCUT2D eigenvalue weighted by Gasteiger charge is 2.36. The monoisotopic (exact) mass is 488 g/mol. The molecule has 1 atom stereocenters. The van der Waals surface area contributed by atoms with Crippen LogP contribution >= 0.6 is 23.5 Å². The lowest BCUT2D eigenvalue weighted by molar-refractivity contribution is -0.144. The number of esters is 1. The predicted octanol–water partition coefficient (Wildman–Crippen LogP) is 3.40. The molecule has 1 aliphatic heterocycles. The molecule has 1 aromatic heterocycles. The number of nitriles is 1. The summed E-state index contributed by atoms with van der Waals surface area (Å²) < 4.78 is 20.2. The van der Waals surface area contributed by atoms with E-state index in [-0.39, 0.29) is 18.2 Å². The van der Waals surface area contributed by atoms with Gasteiger partial charge in [-0.05, 0) is 44.0 Å². The Labute approximate surface area is 198 Å². The molecule has 2 aromatic rings. The van der Waals surface area contributed by atoms with Crippen molar-refractivity contribution >= 4 is 51.5 Å². The quantitative estimate of drug-likeness (QED) is 0.469. The van der Waals surface area contributed by atoms with E-state index >= 15 is 0 Å².